The molecule has 3 aromatic rings. The van der Waals surface area contributed by atoms with Gasteiger partial charge in [-0.05, 0) is 35.4 Å². The van der Waals surface area contributed by atoms with E-state index >= 15 is 0 Å². The molecule has 0 aliphatic rings. The second kappa shape index (κ2) is 13.5. The fourth-order valence-electron chi connectivity index (χ4n) is 4.10. The van der Waals surface area contributed by atoms with Gasteiger partial charge in [0.2, 0.25) is 21.8 Å². The molecular formula is C28H32BrN3O6S. The summed E-state index contributed by atoms with van der Waals surface area (Å²) < 4.78 is 38.2. The lowest BCUT2D eigenvalue weighted by Crippen LogP contribution is -2.52. The third-order valence-electron chi connectivity index (χ3n) is 6.12. The predicted molar refractivity (Wildman–Crippen MR) is 154 cm³/mol. The Balaban J connectivity index is 2.04. The summed E-state index contributed by atoms with van der Waals surface area (Å²) >= 11 is 3.41. The van der Waals surface area contributed by atoms with Crippen molar-refractivity contribution in [3.8, 4) is 11.5 Å². The number of hydrogen-bond donors (Lipinski definition) is 1. The normalized spacial score (nSPS) is 11.8. The minimum Gasteiger partial charge on any atom is -0.493 e. The molecule has 1 atom stereocenters. The lowest BCUT2D eigenvalue weighted by Gasteiger charge is -2.33. The molecule has 0 radical (unpaired) electrons. The van der Waals surface area contributed by atoms with E-state index in [2.05, 4.69) is 21.2 Å². The minimum absolute atomic E-state index is 0.0978. The topological polar surface area (TPSA) is 105 Å². The van der Waals surface area contributed by atoms with Gasteiger partial charge in [-0.1, -0.05) is 58.4 Å². The van der Waals surface area contributed by atoms with Crippen LogP contribution in [-0.2, 0) is 32.6 Å². The molecule has 9 nitrogen and oxygen atoms in total. The van der Waals surface area contributed by atoms with Crippen molar-refractivity contribution in [1.82, 2.24) is 10.2 Å². The van der Waals surface area contributed by atoms with E-state index < -0.39 is 28.5 Å². The highest BCUT2D eigenvalue weighted by molar-refractivity contribution is 9.10. The van der Waals surface area contributed by atoms with Crippen LogP contribution in [0.1, 0.15) is 11.1 Å². The third kappa shape index (κ3) is 7.96. The number of halogens is 1. The Morgan fingerprint density at radius 2 is 1.56 bits per heavy atom. The number of sulfonamides is 1. The maximum absolute atomic E-state index is 13.9. The molecule has 1 N–H and O–H groups in total. The number of nitrogens with one attached hydrogen (secondary N) is 1. The fraction of sp³-hybridized carbons (Fsp3) is 0.286. The molecule has 0 unspecified atom stereocenters. The number of rotatable bonds is 12. The molecule has 11 heteroatoms. The standard InChI is InChI=1S/C28H32BrN3O6S/c1-30-28(34)24(16-20-8-6-5-7-9-20)31(18-21-10-12-22(29)13-11-21)27(33)19-32(39(4,35)36)23-14-15-25(37-2)26(17-23)38-3/h5-15,17,24H,16,18-19H2,1-4H3,(H,30,34)/t24-/m1/s1. The summed E-state index contributed by atoms with van der Waals surface area (Å²) in [5.74, 6) is -0.167. The van der Waals surface area contributed by atoms with E-state index in [1.165, 1.54) is 38.3 Å². The number of carbonyl (C=O) groups is 2. The summed E-state index contributed by atoms with van der Waals surface area (Å²) in [7, 11) is 0.525. The highest BCUT2D eigenvalue weighted by Gasteiger charge is 2.32. The van der Waals surface area contributed by atoms with E-state index in [1.54, 1.807) is 6.07 Å². The van der Waals surface area contributed by atoms with E-state index in [-0.39, 0.29) is 24.6 Å². The van der Waals surface area contributed by atoms with Gasteiger partial charge in [-0.25, -0.2) is 8.42 Å². The van der Waals surface area contributed by atoms with E-state index in [9.17, 15) is 18.0 Å². The molecule has 0 aliphatic carbocycles. The molecule has 0 heterocycles. The van der Waals surface area contributed by atoms with Crippen molar-refractivity contribution < 1.29 is 27.5 Å². The van der Waals surface area contributed by atoms with Gasteiger partial charge in [-0.3, -0.25) is 13.9 Å². The van der Waals surface area contributed by atoms with Crippen molar-refractivity contribution in [3.05, 3.63) is 88.4 Å². The SMILES string of the molecule is CNC(=O)[C@@H](Cc1ccccc1)N(Cc1ccc(Br)cc1)C(=O)CN(c1ccc(OC)c(OC)c1)S(C)(=O)=O. The average molecular weight is 619 g/mol. The minimum atomic E-state index is -3.90. The van der Waals surface area contributed by atoms with Gasteiger partial charge in [0.25, 0.3) is 0 Å². The van der Waals surface area contributed by atoms with Crippen LogP contribution in [0.4, 0.5) is 5.69 Å². The van der Waals surface area contributed by atoms with Gasteiger partial charge >= 0.3 is 0 Å². The first-order valence-corrected chi connectivity index (χ1v) is 14.7. The lowest BCUT2D eigenvalue weighted by atomic mass is 10.0. The maximum Gasteiger partial charge on any atom is 0.244 e. The highest BCUT2D eigenvalue weighted by atomic mass is 79.9. The number of anilines is 1. The van der Waals surface area contributed by atoms with Crippen LogP contribution in [0.3, 0.4) is 0 Å². The van der Waals surface area contributed by atoms with Gasteiger partial charge in [-0.15, -0.1) is 0 Å². The first kappa shape index (κ1) is 30.0. The fourth-order valence-corrected chi connectivity index (χ4v) is 5.21. The van der Waals surface area contributed by atoms with Crippen molar-refractivity contribution >= 4 is 43.5 Å². The smallest absolute Gasteiger partial charge is 0.244 e. The zero-order valence-corrected chi connectivity index (χ0v) is 24.7. The molecule has 2 amide bonds. The number of likely N-dealkylation sites (N-methyl/N-ethyl adjacent to an activating group) is 1. The van der Waals surface area contributed by atoms with E-state index in [0.717, 1.165) is 26.2 Å². The number of carbonyl (C=O) groups excluding carboxylic acids is 2. The molecule has 0 saturated carbocycles. The summed E-state index contributed by atoms with van der Waals surface area (Å²) in [6.07, 6.45) is 1.27. The van der Waals surface area contributed by atoms with Gasteiger partial charge in [0.15, 0.2) is 11.5 Å². The van der Waals surface area contributed by atoms with Crippen molar-refractivity contribution in [3.63, 3.8) is 0 Å². The maximum atomic E-state index is 13.9. The van der Waals surface area contributed by atoms with Crippen LogP contribution in [0.25, 0.3) is 0 Å². The molecule has 0 spiro atoms. The van der Waals surface area contributed by atoms with Gasteiger partial charge in [0, 0.05) is 30.6 Å². The molecule has 0 fully saturated rings. The van der Waals surface area contributed by atoms with Crippen molar-refractivity contribution in [2.75, 3.05) is 38.4 Å². The zero-order valence-electron chi connectivity index (χ0n) is 22.3. The Morgan fingerprint density at radius 1 is 0.923 bits per heavy atom. The van der Waals surface area contributed by atoms with E-state index in [0.29, 0.717) is 11.5 Å². The molecule has 39 heavy (non-hydrogen) atoms. The molecule has 208 valence electrons. The van der Waals surface area contributed by atoms with Crippen molar-refractivity contribution in [1.29, 1.82) is 0 Å². The van der Waals surface area contributed by atoms with Gasteiger partial charge in [-0.2, -0.15) is 0 Å². The van der Waals surface area contributed by atoms with E-state index in [4.69, 9.17) is 9.47 Å². The van der Waals surface area contributed by atoms with Crippen LogP contribution in [0.2, 0.25) is 0 Å². The second-order valence-corrected chi connectivity index (χ2v) is 11.6. The average Bonchev–Trinajstić information content (AvgIpc) is 2.93. The second-order valence-electron chi connectivity index (χ2n) is 8.78. The van der Waals surface area contributed by atoms with Crippen molar-refractivity contribution in [2.45, 2.75) is 19.0 Å². The quantitative estimate of drug-likeness (QED) is 0.333. The van der Waals surface area contributed by atoms with Gasteiger partial charge < -0.3 is 19.7 Å². The van der Waals surface area contributed by atoms with E-state index in [1.807, 2.05) is 54.6 Å². The van der Waals surface area contributed by atoms with Crippen LogP contribution in [-0.4, -0.2) is 65.2 Å². The third-order valence-corrected chi connectivity index (χ3v) is 7.79. The van der Waals surface area contributed by atoms with Gasteiger partial charge in [0.05, 0.1) is 26.2 Å². The molecule has 3 rings (SSSR count). The summed E-state index contributed by atoms with van der Waals surface area (Å²) in [6.45, 7) is -0.423. The summed E-state index contributed by atoms with van der Waals surface area (Å²) in [5, 5.41) is 2.66. The van der Waals surface area contributed by atoms with Crippen molar-refractivity contribution in [2.24, 2.45) is 0 Å². The van der Waals surface area contributed by atoms with Crippen LogP contribution >= 0.6 is 15.9 Å². The molecule has 0 saturated heterocycles. The number of hydrogen-bond acceptors (Lipinski definition) is 6. The summed E-state index contributed by atoms with van der Waals surface area (Å²) in [4.78, 5) is 28.5. The molecule has 0 aliphatic heterocycles. The van der Waals surface area contributed by atoms with Crippen LogP contribution in [0.15, 0.2) is 77.3 Å². The van der Waals surface area contributed by atoms with Gasteiger partial charge in [0.1, 0.15) is 12.6 Å². The predicted octanol–water partition coefficient (Wildman–Crippen LogP) is 3.62. The molecule has 0 aromatic heterocycles. The van der Waals surface area contributed by atoms with Crippen LogP contribution < -0.4 is 19.1 Å². The number of ether oxygens (including phenoxy) is 2. The molecule has 3 aromatic carbocycles. The zero-order chi connectivity index (χ0) is 28.6. The lowest BCUT2D eigenvalue weighted by molar-refractivity contribution is -0.139. The highest BCUT2D eigenvalue weighted by Crippen LogP contribution is 2.32. The Morgan fingerprint density at radius 3 is 2.13 bits per heavy atom. The Hall–Kier alpha value is -3.57. The number of nitrogens with zero attached hydrogens (tertiary/aromatic N) is 2. The van der Waals surface area contributed by atoms with Crippen LogP contribution in [0, 0.1) is 0 Å². The largest absolute Gasteiger partial charge is 0.493 e. The number of amides is 2. The Labute approximate surface area is 237 Å². The first-order valence-electron chi connectivity index (χ1n) is 12.1. The number of methoxy groups -OCH3 is 2. The summed E-state index contributed by atoms with van der Waals surface area (Å²) in [6, 6.07) is 20.4. The first-order chi connectivity index (χ1) is 18.6. The Bertz CT molecular complexity index is 1380. The molecule has 0 bridgehead atoms. The monoisotopic (exact) mass is 617 g/mol. The number of benzene rings is 3. The Kier molecular flexibility index (Phi) is 10.4. The summed E-state index contributed by atoms with van der Waals surface area (Å²) in [5.41, 5.74) is 1.87. The molecular weight excluding hydrogens is 586 g/mol. The van der Waals surface area contributed by atoms with Crippen LogP contribution in [0.5, 0.6) is 11.5 Å².